The van der Waals surface area contributed by atoms with Crippen LogP contribution in [0.1, 0.15) is 38.6 Å². The third kappa shape index (κ3) is 3.83. The summed E-state index contributed by atoms with van der Waals surface area (Å²) in [6.45, 7) is 7.18. The highest BCUT2D eigenvalue weighted by molar-refractivity contribution is 5.47. The minimum absolute atomic E-state index is 0.202. The van der Waals surface area contributed by atoms with Gasteiger partial charge in [-0.15, -0.1) is 0 Å². The highest BCUT2D eigenvalue weighted by atomic mass is 16.5. The van der Waals surface area contributed by atoms with Crippen LogP contribution in [0.4, 0.5) is 0 Å². The number of ether oxygens (including phenoxy) is 1. The molecular weight excluding hydrogens is 308 g/mol. The van der Waals surface area contributed by atoms with Gasteiger partial charge in [0.05, 0.1) is 6.20 Å². The van der Waals surface area contributed by atoms with Crippen molar-refractivity contribution in [3.63, 3.8) is 0 Å². The zero-order valence-corrected chi connectivity index (χ0v) is 14.0. The minimum atomic E-state index is -0.202. The van der Waals surface area contributed by atoms with Crippen molar-refractivity contribution in [1.82, 2.24) is 29.7 Å². The van der Waals surface area contributed by atoms with Crippen LogP contribution in [0.5, 0.6) is 0 Å². The van der Waals surface area contributed by atoms with E-state index in [1.54, 1.807) is 24.8 Å². The van der Waals surface area contributed by atoms with Gasteiger partial charge in [-0.25, -0.2) is 9.97 Å². The summed E-state index contributed by atoms with van der Waals surface area (Å²) < 4.78 is 12.9. The topological polar surface area (TPSA) is 91.8 Å². The number of hydrogen-bond donors (Lipinski definition) is 0. The molecule has 8 nitrogen and oxygen atoms in total. The van der Waals surface area contributed by atoms with Crippen molar-refractivity contribution in [3.05, 3.63) is 42.7 Å². The fourth-order valence-corrected chi connectivity index (χ4v) is 2.14. The van der Waals surface area contributed by atoms with Gasteiger partial charge in [0, 0.05) is 31.4 Å². The molecule has 3 heterocycles. The Morgan fingerprint density at radius 1 is 1.17 bits per heavy atom. The van der Waals surface area contributed by atoms with Gasteiger partial charge in [0.2, 0.25) is 5.89 Å². The fourth-order valence-electron chi connectivity index (χ4n) is 2.14. The maximum Gasteiger partial charge on any atom is 0.246 e. The average Bonchev–Trinajstić information content (AvgIpc) is 3.23. The largest absolute Gasteiger partial charge is 0.370 e. The molecule has 8 heteroatoms. The molecule has 0 radical (unpaired) electrons. The Kier molecular flexibility index (Phi) is 4.95. The molecule has 3 rings (SSSR count). The molecule has 3 aromatic rings. The van der Waals surface area contributed by atoms with Crippen LogP contribution < -0.4 is 0 Å². The van der Waals surface area contributed by atoms with Gasteiger partial charge in [-0.1, -0.05) is 19.0 Å². The summed E-state index contributed by atoms with van der Waals surface area (Å²) in [5.41, 5.74) is 0.691. The van der Waals surface area contributed by atoms with Gasteiger partial charge in [0.1, 0.15) is 18.3 Å². The average molecular weight is 328 g/mol. The van der Waals surface area contributed by atoms with Gasteiger partial charge in [-0.3, -0.25) is 4.98 Å². The predicted octanol–water partition coefficient (Wildman–Crippen LogP) is 2.51. The molecular formula is C16H20N6O2. The third-order valence-electron chi connectivity index (χ3n) is 3.34. The molecule has 0 saturated carbocycles. The number of hydrogen-bond acceptors (Lipinski definition) is 7. The van der Waals surface area contributed by atoms with E-state index in [1.807, 2.05) is 17.7 Å². The van der Waals surface area contributed by atoms with Crippen LogP contribution in [-0.4, -0.2) is 36.3 Å². The molecule has 3 aromatic heterocycles. The summed E-state index contributed by atoms with van der Waals surface area (Å²) >= 11 is 0. The summed E-state index contributed by atoms with van der Waals surface area (Å²) in [6, 6.07) is 0. The monoisotopic (exact) mass is 328 g/mol. The van der Waals surface area contributed by atoms with E-state index in [0.29, 0.717) is 42.3 Å². The van der Waals surface area contributed by atoms with Gasteiger partial charge in [-0.05, 0) is 12.8 Å². The SMILES string of the molecule is CC(C)COC(C)c1noc(Cn2ccnc2-c2cnccn2)n1. The van der Waals surface area contributed by atoms with E-state index in [0.717, 1.165) is 0 Å². The maximum absolute atomic E-state index is 5.71. The second-order valence-electron chi connectivity index (χ2n) is 5.89. The number of nitrogens with zero attached hydrogens (tertiary/aromatic N) is 6. The summed E-state index contributed by atoms with van der Waals surface area (Å²) in [5, 5.41) is 4.00. The van der Waals surface area contributed by atoms with Gasteiger partial charge in [0.15, 0.2) is 11.6 Å². The Bertz CT molecular complexity index is 768. The van der Waals surface area contributed by atoms with Crippen LogP contribution >= 0.6 is 0 Å². The molecule has 0 spiro atoms. The highest BCUT2D eigenvalue weighted by Gasteiger charge is 2.16. The Hall–Kier alpha value is -2.61. The van der Waals surface area contributed by atoms with Gasteiger partial charge in [0.25, 0.3) is 0 Å². The molecule has 0 bridgehead atoms. The van der Waals surface area contributed by atoms with Crippen molar-refractivity contribution in [1.29, 1.82) is 0 Å². The maximum atomic E-state index is 5.71. The summed E-state index contributed by atoms with van der Waals surface area (Å²) in [5.74, 6) is 2.20. The Labute approximate surface area is 139 Å². The quantitative estimate of drug-likeness (QED) is 0.658. The first-order valence-electron chi connectivity index (χ1n) is 7.85. The highest BCUT2D eigenvalue weighted by Crippen LogP contribution is 2.17. The zero-order valence-electron chi connectivity index (χ0n) is 14.0. The molecule has 0 fully saturated rings. The van der Waals surface area contributed by atoms with Crippen LogP contribution in [0.15, 0.2) is 35.5 Å². The molecule has 0 N–H and O–H groups in total. The molecule has 0 aliphatic heterocycles. The number of imidazole rings is 1. The van der Waals surface area contributed by atoms with Crippen LogP contribution in [0.3, 0.4) is 0 Å². The van der Waals surface area contributed by atoms with Crippen molar-refractivity contribution >= 4 is 0 Å². The van der Waals surface area contributed by atoms with E-state index in [2.05, 4.69) is 38.9 Å². The van der Waals surface area contributed by atoms with E-state index in [-0.39, 0.29) is 6.10 Å². The summed E-state index contributed by atoms with van der Waals surface area (Å²) in [4.78, 5) is 17.1. The Morgan fingerprint density at radius 2 is 2.04 bits per heavy atom. The zero-order chi connectivity index (χ0) is 16.9. The van der Waals surface area contributed by atoms with Crippen LogP contribution in [-0.2, 0) is 11.3 Å². The lowest BCUT2D eigenvalue weighted by Crippen LogP contribution is -2.08. The Morgan fingerprint density at radius 3 is 2.79 bits per heavy atom. The minimum Gasteiger partial charge on any atom is -0.370 e. The molecule has 126 valence electrons. The molecule has 0 aliphatic rings. The molecule has 24 heavy (non-hydrogen) atoms. The second kappa shape index (κ2) is 7.31. The van der Waals surface area contributed by atoms with Gasteiger partial charge < -0.3 is 13.8 Å². The van der Waals surface area contributed by atoms with Gasteiger partial charge >= 0.3 is 0 Å². The van der Waals surface area contributed by atoms with E-state index >= 15 is 0 Å². The first-order valence-corrected chi connectivity index (χ1v) is 7.85. The van der Waals surface area contributed by atoms with Crippen molar-refractivity contribution < 1.29 is 9.26 Å². The first-order chi connectivity index (χ1) is 11.6. The smallest absolute Gasteiger partial charge is 0.246 e. The third-order valence-corrected chi connectivity index (χ3v) is 3.34. The lowest BCUT2D eigenvalue weighted by molar-refractivity contribution is 0.0402. The molecule has 0 amide bonds. The van der Waals surface area contributed by atoms with Crippen LogP contribution in [0.25, 0.3) is 11.5 Å². The van der Waals surface area contributed by atoms with E-state index in [9.17, 15) is 0 Å². The van der Waals surface area contributed by atoms with Crippen LogP contribution in [0.2, 0.25) is 0 Å². The molecule has 1 atom stereocenters. The molecule has 0 saturated heterocycles. The molecule has 0 aliphatic carbocycles. The predicted molar refractivity (Wildman–Crippen MR) is 85.9 cm³/mol. The van der Waals surface area contributed by atoms with E-state index in [4.69, 9.17) is 9.26 Å². The molecule has 0 aromatic carbocycles. The number of rotatable bonds is 7. The van der Waals surface area contributed by atoms with Crippen molar-refractivity contribution in [3.8, 4) is 11.5 Å². The van der Waals surface area contributed by atoms with Gasteiger partial charge in [-0.2, -0.15) is 4.98 Å². The molecule has 1 unspecified atom stereocenters. The number of aromatic nitrogens is 6. The first kappa shape index (κ1) is 16.3. The Balaban J connectivity index is 1.71. The van der Waals surface area contributed by atoms with Crippen molar-refractivity contribution in [2.24, 2.45) is 5.92 Å². The summed E-state index contributed by atoms with van der Waals surface area (Å²) in [7, 11) is 0. The van der Waals surface area contributed by atoms with E-state index in [1.165, 1.54) is 0 Å². The van der Waals surface area contributed by atoms with Crippen LogP contribution in [0, 0.1) is 5.92 Å². The second-order valence-corrected chi connectivity index (χ2v) is 5.89. The lowest BCUT2D eigenvalue weighted by atomic mass is 10.2. The van der Waals surface area contributed by atoms with E-state index < -0.39 is 0 Å². The standard InChI is InChI=1S/C16H20N6O2/c1-11(2)10-23-12(3)15-20-14(24-21-15)9-22-7-6-19-16(22)13-8-17-4-5-18-13/h4-8,11-12H,9-10H2,1-3H3. The normalized spacial score (nSPS) is 12.7. The van der Waals surface area contributed by atoms with Crippen molar-refractivity contribution in [2.45, 2.75) is 33.4 Å². The lowest BCUT2D eigenvalue weighted by Gasteiger charge is -2.10. The summed E-state index contributed by atoms with van der Waals surface area (Å²) in [6.07, 6.45) is 8.27. The fraction of sp³-hybridized carbons (Fsp3) is 0.438. The van der Waals surface area contributed by atoms with Crippen molar-refractivity contribution in [2.75, 3.05) is 6.61 Å².